The maximum Gasteiger partial charge on any atom is 0.0759 e. The lowest BCUT2D eigenvalue weighted by Gasteiger charge is -2.26. The van der Waals surface area contributed by atoms with Crippen LogP contribution >= 0.6 is 74.0 Å². The summed E-state index contributed by atoms with van der Waals surface area (Å²) in [6.45, 7) is 4.21. The van der Waals surface area contributed by atoms with E-state index in [0.29, 0.717) is 10.5 Å². The van der Waals surface area contributed by atoms with Crippen molar-refractivity contribution in [3.8, 4) is 0 Å². The highest BCUT2D eigenvalue weighted by atomic mass is 32.2. The zero-order valence-electron chi connectivity index (χ0n) is 9.09. The van der Waals surface area contributed by atoms with Gasteiger partial charge in [0.05, 0.1) is 4.08 Å². The molecule has 0 saturated heterocycles. The molecule has 6 heteroatoms. The molecule has 92 valence electrons. The smallest absolute Gasteiger partial charge is 0.0759 e. The summed E-state index contributed by atoms with van der Waals surface area (Å²) in [4.78, 5) is 0. The van der Waals surface area contributed by atoms with Gasteiger partial charge in [0.15, 0.2) is 0 Å². The van der Waals surface area contributed by atoms with Crippen molar-refractivity contribution in [1.82, 2.24) is 0 Å². The van der Waals surface area contributed by atoms with Crippen LogP contribution in [0.5, 0.6) is 0 Å². The van der Waals surface area contributed by atoms with Crippen molar-refractivity contribution in [3.05, 3.63) is 0 Å². The molecule has 0 N–H and O–H groups in total. The van der Waals surface area contributed by atoms with Gasteiger partial charge in [-0.15, -0.1) is 11.8 Å². The van der Waals surface area contributed by atoms with Crippen LogP contribution in [0.1, 0.15) is 13.8 Å². The second kappa shape index (κ2) is 9.09. The first-order valence-corrected chi connectivity index (χ1v) is 9.06. The predicted molar refractivity (Wildman–Crippen MR) is 92.2 cm³/mol. The van der Waals surface area contributed by atoms with E-state index in [1.54, 1.807) is 0 Å². The minimum atomic E-state index is -0.0343. The first kappa shape index (κ1) is 17.1. The fourth-order valence-electron chi connectivity index (χ4n) is 0.798. The summed E-state index contributed by atoms with van der Waals surface area (Å²) in [6.07, 6.45) is 0. The summed E-state index contributed by atoms with van der Waals surface area (Å²) in [5.41, 5.74) is 0. The molecule has 15 heavy (non-hydrogen) atoms. The van der Waals surface area contributed by atoms with Gasteiger partial charge in [-0.25, -0.2) is 0 Å². The lowest BCUT2D eigenvalue weighted by molar-refractivity contribution is 1.05. The van der Waals surface area contributed by atoms with Crippen molar-refractivity contribution in [1.29, 1.82) is 0 Å². The summed E-state index contributed by atoms with van der Waals surface area (Å²) in [5.74, 6) is 3.88. The van der Waals surface area contributed by atoms with Gasteiger partial charge in [-0.1, -0.05) is 13.8 Å². The van der Waals surface area contributed by atoms with Crippen molar-refractivity contribution >= 4 is 74.0 Å². The maximum absolute atomic E-state index is 4.70. The van der Waals surface area contributed by atoms with Gasteiger partial charge < -0.3 is 0 Å². The molecule has 3 unspecified atom stereocenters. The normalized spacial score (nSPS) is 19.6. The van der Waals surface area contributed by atoms with Crippen LogP contribution in [-0.2, 0) is 0 Å². The molecule has 0 aliphatic carbocycles. The Morgan fingerprint density at radius 2 is 1.67 bits per heavy atom. The van der Waals surface area contributed by atoms with Gasteiger partial charge in [0.1, 0.15) is 0 Å². The zero-order chi connectivity index (χ0) is 11.9. The Hall–Kier alpha value is 2.10. The average Bonchev–Trinajstić information content (AvgIpc) is 2.14. The maximum atomic E-state index is 4.70. The van der Waals surface area contributed by atoms with E-state index in [9.17, 15) is 0 Å². The van der Waals surface area contributed by atoms with E-state index < -0.39 is 0 Å². The van der Waals surface area contributed by atoms with E-state index in [1.165, 1.54) is 0 Å². The lowest BCUT2D eigenvalue weighted by Crippen LogP contribution is -2.25. The molecule has 0 rings (SSSR count). The molecular formula is C9H20S6. The van der Waals surface area contributed by atoms with Gasteiger partial charge in [0.2, 0.25) is 0 Å². The van der Waals surface area contributed by atoms with Crippen LogP contribution < -0.4 is 0 Å². The van der Waals surface area contributed by atoms with Crippen LogP contribution in [0.15, 0.2) is 0 Å². The highest BCUT2D eigenvalue weighted by Gasteiger charge is 2.24. The number of thiol groups is 4. The Labute approximate surface area is 125 Å². The molecule has 0 saturated carbocycles. The third-order valence-electron chi connectivity index (χ3n) is 1.53. The quantitative estimate of drug-likeness (QED) is 0.398. The minimum Gasteiger partial charge on any atom is -0.177 e. The summed E-state index contributed by atoms with van der Waals surface area (Å²) >= 11 is 21.6. The van der Waals surface area contributed by atoms with E-state index in [2.05, 4.69) is 51.7 Å². The molecule has 0 aliphatic heterocycles. The molecule has 0 bridgehead atoms. The highest BCUT2D eigenvalue weighted by molar-refractivity contribution is 8.14. The molecule has 0 aromatic heterocycles. The van der Waals surface area contributed by atoms with E-state index >= 15 is 0 Å². The van der Waals surface area contributed by atoms with Crippen molar-refractivity contribution in [3.63, 3.8) is 0 Å². The van der Waals surface area contributed by atoms with Gasteiger partial charge in [-0.3, -0.25) is 0 Å². The summed E-state index contributed by atoms with van der Waals surface area (Å²) < 4.78 is -0.0343. The Morgan fingerprint density at radius 3 is 2.07 bits per heavy atom. The molecule has 0 spiro atoms. The molecule has 0 aromatic carbocycles. The van der Waals surface area contributed by atoms with Crippen LogP contribution in [0.3, 0.4) is 0 Å². The molecule has 0 nitrogen and oxygen atoms in total. The topological polar surface area (TPSA) is 0 Å². The predicted octanol–water partition coefficient (Wildman–Crippen LogP) is 3.65. The van der Waals surface area contributed by atoms with E-state index in [4.69, 9.17) is 12.6 Å². The van der Waals surface area contributed by atoms with Gasteiger partial charge in [-0.05, 0) is 0 Å². The zero-order valence-corrected chi connectivity index (χ0v) is 14.3. The molecule has 0 amide bonds. The minimum absolute atomic E-state index is 0.0343. The highest BCUT2D eigenvalue weighted by Crippen LogP contribution is 2.35. The first-order valence-electron chi connectivity index (χ1n) is 4.80. The molecule has 0 aliphatic rings. The SMILES string of the molecule is CC(S)CSCC(S)(CS)SCC(C)S. The second-order valence-corrected chi connectivity index (χ2v) is 9.30. The van der Waals surface area contributed by atoms with Crippen molar-refractivity contribution < 1.29 is 0 Å². The lowest BCUT2D eigenvalue weighted by atomic mass is 10.5. The van der Waals surface area contributed by atoms with Crippen LogP contribution in [0.4, 0.5) is 0 Å². The molecule has 0 fully saturated rings. The van der Waals surface area contributed by atoms with Gasteiger partial charge >= 0.3 is 0 Å². The van der Waals surface area contributed by atoms with E-state index in [0.717, 1.165) is 23.0 Å². The van der Waals surface area contributed by atoms with Crippen LogP contribution in [0.25, 0.3) is 0 Å². The van der Waals surface area contributed by atoms with Crippen LogP contribution in [0.2, 0.25) is 0 Å². The largest absolute Gasteiger partial charge is 0.177 e. The van der Waals surface area contributed by atoms with E-state index in [-0.39, 0.29) is 4.08 Å². The Morgan fingerprint density at radius 1 is 1.13 bits per heavy atom. The summed E-state index contributed by atoms with van der Waals surface area (Å²) in [7, 11) is 0. The molecule has 0 radical (unpaired) electrons. The van der Waals surface area contributed by atoms with Gasteiger partial charge in [0.25, 0.3) is 0 Å². The summed E-state index contributed by atoms with van der Waals surface area (Å²) in [5, 5.41) is 0.858. The van der Waals surface area contributed by atoms with Crippen LogP contribution in [0, 0.1) is 0 Å². The van der Waals surface area contributed by atoms with Gasteiger partial charge in [0, 0.05) is 33.5 Å². The Kier molecular flexibility index (Phi) is 10.4. The number of thioether (sulfide) groups is 2. The third kappa shape index (κ3) is 9.77. The molecule has 3 atom stereocenters. The number of hydrogen-bond acceptors (Lipinski definition) is 6. The molecule has 0 heterocycles. The number of hydrogen-bond donors (Lipinski definition) is 4. The van der Waals surface area contributed by atoms with Crippen molar-refractivity contribution in [2.24, 2.45) is 0 Å². The Balaban J connectivity index is 3.85. The standard InChI is InChI=1S/C9H20S6/c1-7(11)3-14-6-9(13,5-10)15-4-8(2)12/h7-8,10-13H,3-6H2,1-2H3. The second-order valence-electron chi connectivity index (χ2n) is 3.63. The number of rotatable bonds is 8. The fraction of sp³-hybridized carbons (Fsp3) is 1.00. The fourth-order valence-corrected chi connectivity index (χ4v) is 4.48. The van der Waals surface area contributed by atoms with Crippen molar-refractivity contribution in [2.45, 2.75) is 28.4 Å². The van der Waals surface area contributed by atoms with Crippen molar-refractivity contribution in [2.75, 3.05) is 23.0 Å². The monoisotopic (exact) mass is 320 g/mol. The molecular weight excluding hydrogens is 301 g/mol. The van der Waals surface area contributed by atoms with Crippen LogP contribution in [-0.4, -0.2) is 37.6 Å². The third-order valence-corrected chi connectivity index (χ3v) is 7.41. The first-order chi connectivity index (χ1) is 6.89. The molecule has 0 aromatic rings. The van der Waals surface area contributed by atoms with Gasteiger partial charge in [-0.2, -0.15) is 62.3 Å². The average molecular weight is 321 g/mol. The summed E-state index contributed by atoms with van der Waals surface area (Å²) in [6, 6.07) is 0. The van der Waals surface area contributed by atoms with E-state index in [1.807, 2.05) is 23.5 Å². The Bertz CT molecular complexity index is 161.